The molecule has 0 radical (unpaired) electrons. The zero-order valence-electron chi connectivity index (χ0n) is 60.9. The number of aliphatic hydroxyl groups is 1. The van der Waals surface area contributed by atoms with Crippen LogP contribution in [0.3, 0.4) is 0 Å². The van der Waals surface area contributed by atoms with Crippen LogP contribution in [-0.2, 0) is 65.4 Å². The highest BCUT2D eigenvalue weighted by Gasteiger charge is 2.30. The van der Waals surface area contributed by atoms with E-state index in [1.807, 2.05) is 0 Å². The third-order valence-electron chi connectivity index (χ3n) is 17.6. The van der Waals surface area contributed by atoms with Crippen molar-refractivity contribution in [2.45, 2.75) is 418 Å². The number of rotatable bonds is 76. The van der Waals surface area contributed by atoms with Crippen molar-refractivity contribution in [2.75, 3.05) is 39.6 Å². The first-order valence-corrected chi connectivity index (χ1v) is 42.3. The largest absolute Gasteiger partial charge is 0.472 e. The van der Waals surface area contributed by atoms with Crippen molar-refractivity contribution >= 4 is 39.5 Å². The molecule has 2 unspecified atom stereocenters. The molecule has 0 amide bonds. The second kappa shape index (κ2) is 69.5. The van der Waals surface area contributed by atoms with Crippen molar-refractivity contribution in [3.05, 3.63) is 0 Å². The van der Waals surface area contributed by atoms with E-state index in [-0.39, 0.29) is 25.7 Å². The van der Waals surface area contributed by atoms with Crippen LogP contribution in [0.4, 0.5) is 0 Å². The van der Waals surface area contributed by atoms with E-state index >= 15 is 0 Å². The number of aliphatic hydroxyl groups excluding tert-OH is 1. The van der Waals surface area contributed by atoms with Gasteiger partial charge in [0.1, 0.15) is 19.3 Å². The van der Waals surface area contributed by atoms with E-state index in [1.165, 1.54) is 218 Å². The predicted molar refractivity (Wildman–Crippen MR) is 382 cm³/mol. The average Bonchev–Trinajstić information content (AvgIpc) is 1.55. The Morgan fingerprint density at radius 3 is 0.628 bits per heavy atom. The maximum atomic E-state index is 13.1. The number of ether oxygens (including phenoxy) is 4. The molecule has 0 aromatic carbocycles. The van der Waals surface area contributed by atoms with Crippen LogP contribution in [-0.4, -0.2) is 96.7 Å². The standard InChI is InChI=1S/C75H146O17P2/c1-5-9-13-17-21-24-27-30-32-33-34-35-36-38-40-43-46-50-54-58-62-75(80)92-71(66-86-73(78)60-56-52-48-44-42-39-37-31-28-25-22-18-14-10-6-2)68-90-94(83,84)88-64-69(76)63-87-93(81,82)89-67-70(65-85-72(77)59-55-51-47-20-16-12-8-4)91-74(79)61-57-53-49-45-41-29-26-23-19-15-11-7-3/h69-71,76H,5-68H2,1-4H3,(H,81,82)(H,83,84)/t69-,70+,71+/m0/s1. The number of unbranched alkanes of at least 4 members (excludes halogenated alkanes) is 50. The normalized spacial score (nSPS) is 13.9. The molecule has 0 bridgehead atoms. The zero-order chi connectivity index (χ0) is 69.0. The number of carbonyl (C=O) groups excluding carboxylic acids is 4. The molecule has 3 N–H and O–H groups in total. The molecule has 0 saturated carbocycles. The van der Waals surface area contributed by atoms with Crippen molar-refractivity contribution < 1.29 is 80.2 Å². The smallest absolute Gasteiger partial charge is 0.462 e. The molecular weight excluding hydrogens is 1230 g/mol. The summed E-state index contributed by atoms with van der Waals surface area (Å²) in [7, 11) is -9.90. The zero-order valence-corrected chi connectivity index (χ0v) is 62.7. The average molecular weight is 1380 g/mol. The van der Waals surface area contributed by atoms with Crippen molar-refractivity contribution in [1.29, 1.82) is 0 Å². The van der Waals surface area contributed by atoms with E-state index < -0.39 is 97.5 Å². The Labute approximate surface area is 575 Å². The summed E-state index contributed by atoms with van der Waals surface area (Å²) in [4.78, 5) is 72.6. The first-order valence-electron chi connectivity index (χ1n) is 39.3. The molecule has 0 aliphatic carbocycles. The van der Waals surface area contributed by atoms with E-state index in [0.29, 0.717) is 25.7 Å². The second-order valence-corrected chi connectivity index (χ2v) is 29.9. The van der Waals surface area contributed by atoms with E-state index in [9.17, 15) is 43.2 Å². The fourth-order valence-electron chi connectivity index (χ4n) is 11.6. The molecule has 0 heterocycles. The molecule has 0 spiro atoms. The molecule has 0 saturated heterocycles. The topological polar surface area (TPSA) is 237 Å². The highest BCUT2D eigenvalue weighted by Crippen LogP contribution is 2.45. The van der Waals surface area contributed by atoms with E-state index in [1.54, 1.807) is 0 Å². The number of carbonyl (C=O) groups is 4. The Kier molecular flexibility index (Phi) is 68.1. The van der Waals surface area contributed by atoms with E-state index in [4.69, 9.17) is 37.0 Å². The van der Waals surface area contributed by atoms with Gasteiger partial charge in [-0.1, -0.05) is 349 Å². The first-order chi connectivity index (χ1) is 45.7. The van der Waals surface area contributed by atoms with Crippen LogP contribution >= 0.6 is 15.6 Å². The Morgan fingerprint density at radius 2 is 0.426 bits per heavy atom. The number of phosphoric acid groups is 2. The maximum absolute atomic E-state index is 13.1. The van der Waals surface area contributed by atoms with E-state index in [2.05, 4.69) is 27.7 Å². The molecule has 0 fully saturated rings. The number of phosphoric ester groups is 2. The summed E-state index contributed by atoms with van der Waals surface area (Å²) in [6.45, 7) is 4.94. The molecule has 0 rings (SSSR count). The summed E-state index contributed by atoms with van der Waals surface area (Å²) >= 11 is 0. The molecule has 0 aromatic rings. The fraction of sp³-hybridized carbons (Fsp3) is 0.947. The molecule has 94 heavy (non-hydrogen) atoms. The summed E-state index contributed by atoms with van der Waals surface area (Å²) in [6, 6.07) is 0. The molecule has 17 nitrogen and oxygen atoms in total. The molecular formula is C75H146O17P2. The Hall–Kier alpha value is -1.94. The van der Waals surface area contributed by atoms with Gasteiger partial charge in [0.15, 0.2) is 12.2 Å². The minimum Gasteiger partial charge on any atom is -0.462 e. The van der Waals surface area contributed by atoms with Gasteiger partial charge in [-0.2, -0.15) is 0 Å². The Morgan fingerprint density at radius 1 is 0.255 bits per heavy atom. The van der Waals surface area contributed by atoms with Crippen LogP contribution < -0.4 is 0 Å². The van der Waals surface area contributed by atoms with Crippen molar-refractivity contribution in [3.63, 3.8) is 0 Å². The lowest BCUT2D eigenvalue weighted by molar-refractivity contribution is -0.161. The number of hydrogen-bond acceptors (Lipinski definition) is 15. The lowest BCUT2D eigenvalue weighted by Crippen LogP contribution is -2.30. The van der Waals surface area contributed by atoms with Gasteiger partial charge in [-0.15, -0.1) is 0 Å². The van der Waals surface area contributed by atoms with Gasteiger partial charge in [-0.05, 0) is 25.7 Å². The van der Waals surface area contributed by atoms with Crippen molar-refractivity contribution in [3.8, 4) is 0 Å². The molecule has 558 valence electrons. The highest BCUT2D eigenvalue weighted by atomic mass is 31.2. The van der Waals surface area contributed by atoms with Crippen LogP contribution in [0.15, 0.2) is 0 Å². The summed E-state index contributed by atoms with van der Waals surface area (Å²) < 4.78 is 68.4. The summed E-state index contributed by atoms with van der Waals surface area (Å²) in [5.41, 5.74) is 0. The van der Waals surface area contributed by atoms with Gasteiger partial charge < -0.3 is 33.8 Å². The minimum absolute atomic E-state index is 0.108. The Balaban J connectivity index is 5.17. The van der Waals surface area contributed by atoms with Crippen LogP contribution in [0.5, 0.6) is 0 Å². The molecule has 19 heteroatoms. The van der Waals surface area contributed by atoms with Crippen LogP contribution in [0.1, 0.15) is 400 Å². The fourth-order valence-corrected chi connectivity index (χ4v) is 13.2. The third kappa shape index (κ3) is 68.6. The maximum Gasteiger partial charge on any atom is 0.472 e. The van der Waals surface area contributed by atoms with Gasteiger partial charge in [0, 0.05) is 25.7 Å². The van der Waals surface area contributed by atoms with Crippen LogP contribution in [0.25, 0.3) is 0 Å². The highest BCUT2D eigenvalue weighted by molar-refractivity contribution is 7.47. The van der Waals surface area contributed by atoms with Crippen molar-refractivity contribution in [1.82, 2.24) is 0 Å². The van der Waals surface area contributed by atoms with Gasteiger partial charge in [0.05, 0.1) is 26.4 Å². The second-order valence-electron chi connectivity index (χ2n) is 27.0. The van der Waals surface area contributed by atoms with Gasteiger partial charge in [0.2, 0.25) is 0 Å². The van der Waals surface area contributed by atoms with Gasteiger partial charge >= 0.3 is 39.5 Å². The SMILES string of the molecule is CCCCCCCCCCCCCCCCCCCCCCC(=O)O[C@H](COC(=O)CCCCCCCCCCCCCCCCC)COP(=O)(O)OC[C@@H](O)COP(=O)(O)OC[C@@H](COC(=O)CCCCCCCCC)OC(=O)CCCCCCCCCCCCCC. The van der Waals surface area contributed by atoms with E-state index in [0.717, 1.165) is 103 Å². The molecule has 0 aliphatic rings. The quantitative estimate of drug-likeness (QED) is 0.0222. The molecule has 5 atom stereocenters. The summed E-state index contributed by atoms with van der Waals surface area (Å²) in [5.74, 6) is -2.12. The predicted octanol–water partition coefficient (Wildman–Crippen LogP) is 22.2. The monoisotopic (exact) mass is 1380 g/mol. The Bertz CT molecular complexity index is 1790. The van der Waals surface area contributed by atoms with Crippen LogP contribution in [0.2, 0.25) is 0 Å². The van der Waals surface area contributed by atoms with Gasteiger partial charge in [-0.3, -0.25) is 37.3 Å². The lowest BCUT2D eigenvalue weighted by Gasteiger charge is -2.21. The minimum atomic E-state index is -4.95. The van der Waals surface area contributed by atoms with Crippen molar-refractivity contribution in [2.24, 2.45) is 0 Å². The summed E-state index contributed by atoms with van der Waals surface area (Å²) in [5, 5.41) is 10.6. The molecule has 0 aliphatic heterocycles. The molecule has 0 aromatic heterocycles. The number of hydrogen-bond donors (Lipinski definition) is 3. The summed E-state index contributed by atoms with van der Waals surface area (Å²) in [6.07, 6.45) is 59.8. The van der Waals surface area contributed by atoms with Gasteiger partial charge in [0.25, 0.3) is 0 Å². The number of esters is 4. The van der Waals surface area contributed by atoms with Gasteiger partial charge in [-0.25, -0.2) is 9.13 Å². The van der Waals surface area contributed by atoms with Crippen LogP contribution in [0, 0.1) is 0 Å². The lowest BCUT2D eigenvalue weighted by atomic mass is 10.0. The first kappa shape index (κ1) is 92.1. The third-order valence-corrected chi connectivity index (χ3v) is 19.5.